The molecule has 1 fully saturated rings. The van der Waals surface area contributed by atoms with Crippen LogP contribution < -0.4 is 10.9 Å². The summed E-state index contributed by atoms with van der Waals surface area (Å²) in [6.07, 6.45) is 1.57. The topological polar surface area (TPSA) is 109 Å². The largest absolute Gasteiger partial charge is 0.506 e. The van der Waals surface area contributed by atoms with Crippen molar-refractivity contribution >= 4 is 16.8 Å². The maximum atomic E-state index is 13.3. The van der Waals surface area contributed by atoms with Crippen molar-refractivity contribution in [1.82, 2.24) is 20.1 Å². The zero-order chi connectivity index (χ0) is 28.6. The minimum atomic E-state index is -0.778. The first-order valence-corrected chi connectivity index (χ1v) is 14.3. The number of nitrogens with one attached hydrogen (secondary N) is 2. The summed E-state index contributed by atoms with van der Waals surface area (Å²) in [5.41, 5.74) is 2.95. The van der Waals surface area contributed by atoms with Crippen LogP contribution in [0.4, 0.5) is 0 Å². The number of aliphatic hydroxyl groups is 1. The van der Waals surface area contributed by atoms with Gasteiger partial charge in [0.05, 0.1) is 11.6 Å². The molecule has 0 bridgehead atoms. The quantitative estimate of drug-likeness (QED) is 0.224. The van der Waals surface area contributed by atoms with Gasteiger partial charge in [0.1, 0.15) is 5.75 Å². The van der Waals surface area contributed by atoms with E-state index >= 15 is 0 Å². The Kier molecular flexibility index (Phi) is 9.46. The molecule has 8 heteroatoms. The van der Waals surface area contributed by atoms with E-state index in [1.54, 1.807) is 12.1 Å². The highest BCUT2D eigenvalue weighted by Gasteiger charge is 2.22. The van der Waals surface area contributed by atoms with Crippen LogP contribution in [0.1, 0.15) is 42.1 Å². The SMILES string of the molecule is O=C(CCN1CCC(NCC(O)c2ccc(O)c3[nH]c(=O)ccc23)CC1)N(Cc1ccccc1)Cc1ccccc1. The van der Waals surface area contributed by atoms with Crippen molar-refractivity contribution < 1.29 is 15.0 Å². The Morgan fingerprint density at radius 1 is 0.927 bits per heavy atom. The van der Waals surface area contributed by atoms with E-state index in [0.717, 1.165) is 43.6 Å². The van der Waals surface area contributed by atoms with E-state index in [0.29, 0.717) is 42.5 Å². The Hall–Kier alpha value is -3.98. The van der Waals surface area contributed by atoms with Crippen LogP contribution in [0.5, 0.6) is 5.75 Å². The van der Waals surface area contributed by atoms with Crippen molar-refractivity contribution in [3.05, 3.63) is 112 Å². The molecule has 41 heavy (non-hydrogen) atoms. The van der Waals surface area contributed by atoms with E-state index in [1.165, 1.54) is 12.1 Å². The van der Waals surface area contributed by atoms with Gasteiger partial charge < -0.3 is 30.3 Å². The number of rotatable bonds is 11. The molecule has 1 unspecified atom stereocenters. The van der Waals surface area contributed by atoms with Crippen LogP contribution in [-0.4, -0.2) is 63.1 Å². The lowest BCUT2D eigenvalue weighted by Gasteiger charge is -2.33. The summed E-state index contributed by atoms with van der Waals surface area (Å²) in [4.78, 5) is 31.9. The first-order chi connectivity index (χ1) is 20.0. The molecular formula is C33H38N4O4. The Labute approximate surface area is 240 Å². The summed E-state index contributed by atoms with van der Waals surface area (Å²) in [5, 5.41) is 25.1. The number of fused-ring (bicyclic) bond motifs is 1. The van der Waals surface area contributed by atoms with E-state index in [2.05, 4.69) is 39.5 Å². The number of pyridine rings is 1. The molecule has 1 atom stereocenters. The normalized spacial score (nSPS) is 15.1. The lowest BCUT2D eigenvalue weighted by atomic mass is 10.0. The number of amides is 1. The number of H-pyrrole nitrogens is 1. The number of hydrogen-bond acceptors (Lipinski definition) is 6. The Bertz CT molecular complexity index is 1440. The van der Waals surface area contributed by atoms with Gasteiger partial charge in [-0.1, -0.05) is 66.7 Å². The van der Waals surface area contributed by atoms with Crippen molar-refractivity contribution in [3.8, 4) is 5.75 Å². The van der Waals surface area contributed by atoms with Crippen molar-refractivity contribution in [2.24, 2.45) is 0 Å². The van der Waals surface area contributed by atoms with E-state index in [4.69, 9.17) is 0 Å². The van der Waals surface area contributed by atoms with Gasteiger partial charge in [0.25, 0.3) is 0 Å². The van der Waals surface area contributed by atoms with Crippen LogP contribution in [0.2, 0.25) is 0 Å². The zero-order valence-corrected chi connectivity index (χ0v) is 23.2. The number of phenols is 1. The number of phenolic OH excluding ortho intramolecular Hbond substituents is 1. The summed E-state index contributed by atoms with van der Waals surface area (Å²) >= 11 is 0. The number of aromatic amines is 1. The van der Waals surface area contributed by atoms with Crippen molar-refractivity contribution in [3.63, 3.8) is 0 Å². The average molecular weight is 555 g/mol. The molecule has 4 aromatic rings. The highest BCUT2D eigenvalue weighted by Crippen LogP contribution is 2.28. The number of nitrogens with zero attached hydrogens (tertiary/aromatic N) is 2. The standard InChI is InChI=1S/C33H38N4O4/c38-29-13-11-27(28-12-14-31(40)35-33(28)29)30(39)21-34-26-15-18-36(19-16-26)20-17-32(41)37(22-24-7-3-1-4-8-24)23-25-9-5-2-6-10-25/h1-14,26,30,34,38-39H,15-23H2,(H,35,40). The lowest BCUT2D eigenvalue weighted by Crippen LogP contribution is -2.44. The van der Waals surface area contributed by atoms with Gasteiger partial charge in [0.15, 0.2) is 0 Å². The average Bonchev–Trinajstić information content (AvgIpc) is 3.00. The van der Waals surface area contributed by atoms with Crippen LogP contribution >= 0.6 is 0 Å². The van der Waals surface area contributed by atoms with Crippen LogP contribution in [0, 0.1) is 0 Å². The predicted molar refractivity (Wildman–Crippen MR) is 160 cm³/mol. The second-order valence-electron chi connectivity index (χ2n) is 10.8. The van der Waals surface area contributed by atoms with Crippen molar-refractivity contribution in [2.45, 2.75) is 44.5 Å². The number of likely N-dealkylation sites (tertiary alicyclic amines) is 1. The number of aromatic nitrogens is 1. The van der Waals surface area contributed by atoms with Gasteiger partial charge in [-0.05, 0) is 54.8 Å². The molecule has 2 heterocycles. The van der Waals surface area contributed by atoms with Crippen LogP contribution in [0.25, 0.3) is 10.9 Å². The van der Waals surface area contributed by atoms with Crippen LogP contribution in [0.15, 0.2) is 89.7 Å². The smallest absolute Gasteiger partial charge is 0.248 e. The fourth-order valence-electron chi connectivity index (χ4n) is 5.55. The minimum Gasteiger partial charge on any atom is -0.506 e. The molecule has 1 amide bonds. The molecule has 3 aromatic carbocycles. The molecule has 1 saturated heterocycles. The van der Waals surface area contributed by atoms with E-state index in [9.17, 15) is 19.8 Å². The molecule has 0 radical (unpaired) electrons. The lowest BCUT2D eigenvalue weighted by molar-refractivity contribution is -0.132. The van der Waals surface area contributed by atoms with E-state index in [1.807, 2.05) is 41.3 Å². The minimum absolute atomic E-state index is 0.0179. The fraction of sp³-hybridized carbons (Fsp3) is 0.333. The number of carbonyl (C=O) groups excluding carboxylic acids is 1. The third-order valence-corrected chi connectivity index (χ3v) is 7.88. The van der Waals surface area contributed by atoms with Crippen molar-refractivity contribution in [2.75, 3.05) is 26.2 Å². The second kappa shape index (κ2) is 13.6. The molecule has 4 N–H and O–H groups in total. The van der Waals surface area contributed by atoms with Gasteiger partial charge in [-0.15, -0.1) is 0 Å². The first-order valence-electron chi connectivity index (χ1n) is 14.3. The molecule has 0 saturated carbocycles. The summed E-state index contributed by atoms with van der Waals surface area (Å²) in [6.45, 7) is 4.07. The van der Waals surface area contributed by atoms with Gasteiger partial charge in [0.2, 0.25) is 11.5 Å². The third kappa shape index (κ3) is 7.61. The fourth-order valence-corrected chi connectivity index (χ4v) is 5.55. The Morgan fingerprint density at radius 2 is 1.56 bits per heavy atom. The Morgan fingerprint density at radius 3 is 2.20 bits per heavy atom. The maximum absolute atomic E-state index is 13.3. The summed E-state index contributed by atoms with van der Waals surface area (Å²) in [7, 11) is 0. The number of hydrogen-bond donors (Lipinski definition) is 4. The molecule has 1 aliphatic rings. The number of aromatic hydroxyl groups is 1. The van der Waals surface area contributed by atoms with Gasteiger partial charge in [-0.2, -0.15) is 0 Å². The van der Waals surface area contributed by atoms with Gasteiger partial charge in [-0.3, -0.25) is 9.59 Å². The summed E-state index contributed by atoms with van der Waals surface area (Å²) in [5.74, 6) is 0.138. The first kappa shape index (κ1) is 28.5. The highest BCUT2D eigenvalue weighted by molar-refractivity contribution is 5.87. The molecule has 5 rings (SSSR count). The predicted octanol–water partition coefficient (Wildman–Crippen LogP) is 3.94. The third-order valence-electron chi connectivity index (χ3n) is 7.88. The number of carbonyl (C=O) groups is 1. The maximum Gasteiger partial charge on any atom is 0.248 e. The summed E-state index contributed by atoms with van der Waals surface area (Å²) in [6, 6.07) is 26.7. The van der Waals surface area contributed by atoms with E-state index in [-0.39, 0.29) is 23.3 Å². The van der Waals surface area contributed by atoms with Gasteiger partial charge in [0, 0.05) is 50.1 Å². The zero-order valence-electron chi connectivity index (χ0n) is 23.2. The molecule has 0 aliphatic carbocycles. The number of piperidine rings is 1. The van der Waals surface area contributed by atoms with Gasteiger partial charge in [-0.25, -0.2) is 0 Å². The molecule has 8 nitrogen and oxygen atoms in total. The highest BCUT2D eigenvalue weighted by atomic mass is 16.3. The monoisotopic (exact) mass is 554 g/mol. The molecule has 1 aliphatic heterocycles. The Balaban J connectivity index is 1.10. The second-order valence-corrected chi connectivity index (χ2v) is 10.8. The molecular weight excluding hydrogens is 516 g/mol. The molecule has 1 aromatic heterocycles. The number of aliphatic hydroxyl groups excluding tert-OH is 1. The van der Waals surface area contributed by atoms with Crippen LogP contribution in [-0.2, 0) is 17.9 Å². The number of benzene rings is 3. The molecule has 0 spiro atoms. The molecule has 214 valence electrons. The van der Waals surface area contributed by atoms with Gasteiger partial charge >= 0.3 is 0 Å². The van der Waals surface area contributed by atoms with Crippen LogP contribution in [0.3, 0.4) is 0 Å². The van der Waals surface area contributed by atoms with Crippen molar-refractivity contribution in [1.29, 1.82) is 0 Å². The summed E-state index contributed by atoms with van der Waals surface area (Å²) < 4.78 is 0. The van der Waals surface area contributed by atoms with E-state index < -0.39 is 6.10 Å².